The molecular weight excluding hydrogens is 1160 g/mol. The van der Waals surface area contributed by atoms with Crippen LogP contribution in [0.4, 0.5) is 39.5 Å². The maximum absolute atomic E-state index is 10.7. The first kappa shape index (κ1) is 63.3. The summed E-state index contributed by atoms with van der Waals surface area (Å²) in [6.45, 7) is 5.67. The third kappa shape index (κ3) is 16.1. The van der Waals surface area contributed by atoms with Crippen LogP contribution in [-0.2, 0) is 52.5 Å². The molecule has 78 heavy (non-hydrogen) atoms. The molecule has 0 amide bonds. The molecule has 0 spiro atoms. The van der Waals surface area contributed by atoms with Gasteiger partial charge in [0.1, 0.15) is 22.1 Å². The average Bonchev–Trinajstić information content (AvgIpc) is 3.42. The number of alkyl halides is 9. The minimum absolute atomic E-state index is 0. The first-order chi connectivity index (χ1) is 36.0. The number of fused-ring (bicyclic) bond motifs is 12. The summed E-state index contributed by atoms with van der Waals surface area (Å²) >= 11 is 0. The van der Waals surface area contributed by atoms with Crippen LogP contribution in [0.1, 0.15) is 13.8 Å². The van der Waals surface area contributed by atoms with E-state index in [1.165, 1.54) is 0 Å². The van der Waals surface area contributed by atoms with E-state index in [0.717, 1.165) is 102 Å². The Bertz CT molecular complexity index is 3590. The van der Waals surface area contributed by atoms with Crippen molar-refractivity contribution in [2.24, 2.45) is 0 Å². The topological polar surface area (TPSA) is 297 Å². The van der Waals surface area contributed by atoms with E-state index >= 15 is 0 Å². The summed E-state index contributed by atoms with van der Waals surface area (Å²) in [6, 6.07) is 33.4. The van der Waals surface area contributed by atoms with Crippen molar-refractivity contribution in [2.45, 2.75) is 30.4 Å². The van der Waals surface area contributed by atoms with Gasteiger partial charge in [0.05, 0.1) is 44.8 Å². The fraction of sp³-hybridized carbons (Fsp3) is 0.152. The molecule has 8 heterocycles. The second kappa shape index (κ2) is 26.4. The van der Waals surface area contributed by atoms with Crippen molar-refractivity contribution < 1.29 is 101 Å². The second-order valence-corrected chi connectivity index (χ2v) is 18.6. The van der Waals surface area contributed by atoms with E-state index in [4.69, 9.17) is 53.6 Å². The molecule has 0 saturated heterocycles. The zero-order valence-electron chi connectivity index (χ0n) is 39.3. The van der Waals surface area contributed by atoms with Gasteiger partial charge in [-0.3, -0.25) is 29.9 Å². The van der Waals surface area contributed by atoms with Gasteiger partial charge in [0.15, 0.2) is 30.4 Å². The average molecular weight is 1190 g/mol. The monoisotopic (exact) mass is 1190 g/mol. The Morgan fingerprint density at radius 3 is 0.808 bits per heavy atom. The molecule has 19 nitrogen and oxygen atoms in total. The van der Waals surface area contributed by atoms with Crippen LogP contribution in [0.25, 0.3) is 88.5 Å². The summed E-state index contributed by atoms with van der Waals surface area (Å²) in [6.07, 6.45) is 10.7. The number of benzene rings is 2. The van der Waals surface area contributed by atoms with Gasteiger partial charge < -0.3 is 18.4 Å². The Hall–Kier alpha value is -7.28. The van der Waals surface area contributed by atoms with Crippen molar-refractivity contribution in [1.82, 2.24) is 44.9 Å². The van der Waals surface area contributed by atoms with Crippen molar-refractivity contribution in [2.75, 3.05) is 13.2 Å². The number of aromatic nitrogens is 9. The Balaban J connectivity index is 0.000000233. The fourth-order valence-corrected chi connectivity index (χ4v) is 6.29. The minimum atomic E-state index is -6.09. The molecule has 0 N–H and O–H groups in total. The van der Waals surface area contributed by atoms with Crippen LogP contribution in [0, 0.1) is 0 Å². The van der Waals surface area contributed by atoms with Crippen LogP contribution < -0.4 is 0 Å². The molecule has 0 saturated carbocycles. The molecule has 10 aromatic rings. The molecule has 0 aliphatic carbocycles. The van der Waals surface area contributed by atoms with Gasteiger partial charge in [0, 0.05) is 71.9 Å². The van der Waals surface area contributed by atoms with E-state index in [1.54, 1.807) is 37.2 Å². The molecule has 0 aliphatic rings. The van der Waals surface area contributed by atoms with Crippen molar-refractivity contribution in [3.63, 3.8) is 0 Å². The Kier molecular flexibility index (Phi) is 21.4. The molecular formula is C46H33CrF9N9O10S3. The van der Waals surface area contributed by atoms with Crippen molar-refractivity contribution in [1.29, 1.82) is 0 Å². The number of hydrogen-bond acceptors (Lipinski definition) is 19. The molecule has 32 heteroatoms. The normalized spacial score (nSPS) is 11.8. The van der Waals surface area contributed by atoms with E-state index in [0.29, 0.717) is 0 Å². The molecule has 0 fully saturated rings. The molecule has 0 atom stereocenters. The molecule has 1 radical (unpaired) electrons. The first-order valence-electron chi connectivity index (χ1n) is 21.2. The third-order valence-corrected chi connectivity index (χ3v) is 11.2. The molecule has 0 bridgehead atoms. The number of hydrogen-bond donors (Lipinski definition) is 0. The van der Waals surface area contributed by atoms with Crippen LogP contribution >= 0.6 is 0 Å². The predicted octanol–water partition coefficient (Wildman–Crippen LogP) is 9.38. The number of nitrogens with zero attached hydrogens (tertiary/aromatic N) is 9. The summed E-state index contributed by atoms with van der Waals surface area (Å²) in [5.74, 6) is 0. The van der Waals surface area contributed by atoms with E-state index in [-0.39, 0.29) is 17.4 Å². The molecule has 2 aromatic carbocycles. The standard InChI is InChI=1S/C24H12N6.C15H11N3.C4H10O.3CHF3O3S.Cr/c1-5-13-14-6-2-10-26-18(14)22-21(17(13)25-9-1)29-23-19-15(7-3-11-27-19)16-8-4-12-28-20(16)24(23)30-22;1-3-10-16-12(6-1)14-8-5-9-15(18-14)13-7-2-4-11-17-13;1-3-5-4-2;3*2-1(3,4)8(5,6)7;/h1-12H;1-11H;3-4H2,1-2H3;3*(H,5,6,7);/q;;;;;;+3/p-3. The smallest absolute Gasteiger partial charge is 0.741 e. The number of rotatable bonds is 4. The molecule has 10 rings (SSSR count). The van der Waals surface area contributed by atoms with Gasteiger partial charge in [-0.05, 0) is 74.5 Å². The van der Waals surface area contributed by atoms with Gasteiger partial charge in [0.25, 0.3) is 0 Å². The number of pyridine rings is 7. The van der Waals surface area contributed by atoms with Gasteiger partial charge in [-0.25, -0.2) is 40.2 Å². The second-order valence-electron chi connectivity index (χ2n) is 14.5. The van der Waals surface area contributed by atoms with Crippen molar-refractivity contribution in [3.05, 3.63) is 140 Å². The van der Waals surface area contributed by atoms with Crippen LogP contribution in [0.3, 0.4) is 0 Å². The summed E-state index contributed by atoms with van der Waals surface area (Å²) in [5.41, 5.74) is -7.31. The molecule has 8 aromatic heterocycles. The van der Waals surface area contributed by atoms with Gasteiger partial charge in [-0.15, -0.1) is 0 Å². The summed E-state index contributed by atoms with van der Waals surface area (Å²) in [7, 11) is -18.3. The van der Waals surface area contributed by atoms with Gasteiger partial charge in [-0.2, -0.15) is 39.5 Å². The largest absolute Gasteiger partial charge is 3.00 e. The predicted molar refractivity (Wildman–Crippen MR) is 258 cm³/mol. The summed E-state index contributed by atoms with van der Waals surface area (Å²) in [5, 5.41) is 4.05. The summed E-state index contributed by atoms with van der Waals surface area (Å²) in [4.78, 5) is 41.9. The zero-order valence-corrected chi connectivity index (χ0v) is 43.1. The van der Waals surface area contributed by atoms with Gasteiger partial charge in [-0.1, -0.05) is 42.5 Å². The Labute approximate surface area is 446 Å². The molecule has 0 aliphatic heterocycles. The first-order valence-corrected chi connectivity index (χ1v) is 25.4. The zero-order chi connectivity index (χ0) is 57.0. The van der Waals surface area contributed by atoms with Gasteiger partial charge >= 0.3 is 33.9 Å². The van der Waals surface area contributed by atoms with Crippen LogP contribution in [-0.4, -0.2) is 114 Å². The van der Waals surface area contributed by atoms with Crippen molar-refractivity contribution >= 4 is 96.0 Å². The van der Waals surface area contributed by atoms with Crippen molar-refractivity contribution in [3.8, 4) is 22.8 Å². The quantitative estimate of drug-likeness (QED) is 0.0521. The van der Waals surface area contributed by atoms with Crippen LogP contribution in [0.2, 0.25) is 0 Å². The molecule has 409 valence electrons. The maximum atomic E-state index is 10.7. The van der Waals surface area contributed by atoms with Crippen LogP contribution in [0.15, 0.2) is 140 Å². The molecule has 0 unspecified atom stereocenters. The minimum Gasteiger partial charge on any atom is -0.741 e. The SMILES string of the molecule is CCOCC.O=S(=O)([O-])C(F)(F)F.O=S(=O)([O-])C(F)(F)F.O=S(=O)([O-])C(F)(F)F.[Cr+3].c1ccc(-c2cccc(-c3ccccn3)n2)nc1.c1cnc2c(c1)c1cccnc1c1nc3c4ncccc4c4cccnc4c3nc21. The van der Waals surface area contributed by atoms with E-state index in [9.17, 15) is 39.5 Å². The van der Waals surface area contributed by atoms with E-state index in [1.807, 2.05) is 92.7 Å². The third-order valence-electron chi connectivity index (χ3n) is 9.47. The van der Waals surface area contributed by atoms with E-state index < -0.39 is 46.9 Å². The maximum Gasteiger partial charge on any atom is 3.00 e. The van der Waals surface area contributed by atoms with E-state index in [2.05, 4.69) is 59.2 Å². The summed E-state index contributed by atoms with van der Waals surface area (Å²) < 4.78 is 182. The Morgan fingerprint density at radius 2 is 0.603 bits per heavy atom. The fourth-order valence-electron chi connectivity index (χ4n) is 6.29. The van der Waals surface area contributed by atoms with Crippen LogP contribution in [0.5, 0.6) is 0 Å². The van der Waals surface area contributed by atoms with Gasteiger partial charge in [0.2, 0.25) is 0 Å². The number of halogens is 9. The number of ether oxygens (including phenoxy) is 1. The Morgan fingerprint density at radius 1 is 0.359 bits per heavy atom.